The number of nitrogens with zero attached hydrogens (tertiary/aromatic N) is 1. The van der Waals surface area contributed by atoms with E-state index in [1.165, 1.54) is 24.6 Å². The molecule has 106 valence electrons. The molecule has 0 unspecified atom stereocenters. The largest absolute Gasteiger partial charge is 0.384 e. The van der Waals surface area contributed by atoms with Crippen LogP contribution in [0.3, 0.4) is 0 Å². The Morgan fingerprint density at radius 2 is 2.25 bits per heavy atom. The lowest BCUT2D eigenvalue weighted by molar-refractivity contribution is 0.0740. The van der Waals surface area contributed by atoms with Gasteiger partial charge in [-0.3, -0.25) is 4.79 Å². The second-order valence-electron chi connectivity index (χ2n) is 5.14. The fourth-order valence-corrected chi connectivity index (χ4v) is 2.26. The molecular formula is C16H18FNO2. The third-order valence-electron chi connectivity index (χ3n) is 3.61. The number of carbonyl (C=O) groups is 1. The highest BCUT2D eigenvalue weighted by Crippen LogP contribution is 2.27. The van der Waals surface area contributed by atoms with Crippen LogP contribution >= 0.6 is 0 Å². The summed E-state index contributed by atoms with van der Waals surface area (Å²) in [6.45, 7) is 0.410. The first kappa shape index (κ1) is 14.5. The summed E-state index contributed by atoms with van der Waals surface area (Å²) in [5.74, 6) is 4.86. The van der Waals surface area contributed by atoms with Crippen LogP contribution in [0.5, 0.6) is 0 Å². The third kappa shape index (κ3) is 3.37. The van der Waals surface area contributed by atoms with E-state index in [-0.39, 0.29) is 18.1 Å². The minimum absolute atomic E-state index is 0.0385. The Morgan fingerprint density at radius 1 is 1.50 bits per heavy atom. The second kappa shape index (κ2) is 6.53. The Labute approximate surface area is 118 Å². The smallest absolute Gasteiger partial charge is 0.256 e. The van der Waals surface area contributed by atoms with Crippen molar-refractivity contribution in [2.24, 2.45) is 5.92 Å². The van der Waals surface area contributed by atoms with Crippen molar-refractivity contribution >= 4 is 5.91 Å². The summed E-state index contributed by atoms with van der Waals surface area (Å²) in [5.41, 5.74) is 0.567. The van der Waals surface area contributed by atoms with E-state index in [9.17, 15) is 9.18 Å². The van der Waals surface area contributed by atoms with Gasteiger partial charge in [0.25, 0.3) is 5.91 Å². The van der Waals surface area contributed by atoms with Crippen LogP contribution in [0.15, 0.2) is 18.2 Å². The van der Waals surface area contributed by atoms with E-state index in [2.05, 4.69) is 11.8 Å². The van der Waals surface area contributed by atoms with Crippen molar-refractivity contribution in [2.75, 3.05) is 20.2 Å². The van der Waals surface area contributed by atoms with E-state index in [4.69, 9.17) is 5.11 Å². The van der Waals surface area contributed by atoms with Crippen molar-refractivity contribution in [1.82, 2.24) is 4.90 Å². The standard InChI is InChI=1S/C16H18FNO2/c1-18(11-13-4-2-5-13)16(20)14-10-12(6-3-9-19)7-8-15(14)17/h7-8,10,13,19H,2,4-5,9,11H2,1H3. The highest BCUT2D eigenvalue weighted by atomic mass is 19.1. The van der Waals surface area contributed by atoms with E-state index in [1.807, 2.05) is 0 Å². The molecule has 0 bridgehead atoms. The van der Waals surface area contributed by atoms with Gasteiger partial charge in [-0.05, 0) is 37.0 Å². The molecular weight excluding hydrogens is 257 g/mol. The van der Waals surface area contributed by atoms with Gasteiger partial charge in [-0.15, -0.1) is 0 Å². The minimum atomic E-state index is -0.537. The van der Waals surface area contributed by atoms with Crippen LogP contribution in [0, 0.1) is 23.6 Å². The van der Waals surface area contributed by atoms with Crippen molar-refractivity contribution in [3.8, 4) is 11.8 Å². The molecule has 1 aliphatic carbocycles. The summed E-state index contributed by atoms with van der Waals surface area (Å²) in [7, 11) is 1.70. The molecule has 0 spiro atoms. The number of aliphatic hydroxyl groups excluding tert-OH is 1. The van der Waals surface area contributed by atoms with Crippen LogP contribution in [0.2, 0.25) is 0 Å². The Kier molecular flexibility index (Phi) is 4.75. The average Bonchev–Trinajstić information content (AvgIpc) is 2.41. The molecule has 0 aliphatic heterocycles. The van der Waals surface area contributed by atoms with Gasteiger partial charge in [-0.2, -0.15) is 0 Å². The molecule has 1 saturated carbocycles. The molecule has 1 aromatic rings. The van der Waals surface area contributed by atoms with Crippen LogP contribution in [-0.4, -0.2) is 36.1 Å². The predicted octanol–water partition coefficient (Wildman–Crippen LogP) is 2.04. The molecule has 1 N–H and O–H groups in total. The van der Waals surface area contributed by atoms with E-state index < -0.39 is 5.82 Å². The van der Waals surface area contributed by atoms with Gasteiger partial charge in [-0.25, -0.2) is 4.39 Å². The summed E-state index contributed by atoms with van der Waals surface area (Å²) in [6.07, 6.45) is 3.50. The van der Waals surface area contributed by atoms with E-state index in [0.29, 0.717) is 18.0 Å². The Hall–Kier alpha value is -1.86. The molecule has 0 heterocycles. The summed E-state index contributed by atoms with van der Waals surface area (Å²) in [5, 5.41) is 8.66. The van der Waals surface area contributed by atoms with E-state index in [0.717, 1.165) is 12.8 Å². The molecule has 1 amide bonds. The number of aliphatic hydroxyl groups is 1. The normalized spacial score (nSPS) is 14.2. The maximum absolute atomic E-state index is 13.8. The lowest BCUT2D eigenvalue weighted by Gasteiger charge is -2.30. The first-order chi connectivity index (χ1) is 9.61. The van der Waals surface area contributed by atoms with Crippen molar-refractivity contribution in [3.63, 3.8) is 0 Å². The number of hydrogen-bond acceptors (Lipinski definition) is 2. The monoisotopic (exact) mass is 275 g/mol. The zero-order valence-electron chi connectivity index (χ0n) is 11.5. The second-order valence-corrected chi connectivity index (χ2v) is 5.14. The molecule has 0 saturated heterocycles. The molecule has 0 radical (unpaired) electrons. The van der Waals surface area contributed by atoms with Crippen molar-refractivity contribution in [2.45, 2.75) is 19.3 Å². The lowest BCUT2D eigenvalue weighted by atomic mass is 9.85. The first-order valence-corrected chi connectivity index (χ1v) is 6.76. The fourth-order valence-electron chi connectivity index (χ4n) is 2.26. The summed E-state index contributed by atoms with van der Waals surface area (Å²) in [6, 6.07) is 4.18. The average molecular weight is 275 g/mol. The maximum Gasteiger partial charge on any atom is 0.256 e. The number of hydrogen-bond donors (Lipinski definition) is 1. The van der Waals surface area contributed by atoms with Crippen LogP contribution < -0.4 is 0 Å². The quantitative estimate of drug-likeness (QED) is 0.858. The van der Waals surface area contributed by atoms with Gasteiger partial charge in [-0.1, -0.05) is 18.3 Å². The molecule has 1 aromatic carbocycles. The van der Waals surface area contributed by atoms with Crippen LogP contribution in [-0.2, 0) is 0 Å². The molecule has 0 atom stereocenters. The Bertz CT molecular complexity index is 555. The van der Waals surface area contributed by atoms with Crippen LogP contribution in [0.1, 0.15) is 35.2 Å². The van der Waals surface area contributed by atoms with E-state index in [1.54, 1.807) is 11.9 Å². The number of halogens is 1. The highest BCUT2D eigenvalue weighted by Gasteiger charge is 2.23. The van der Waals surface area contributed by atoms with Gasteiger partial charge >= 0.3 is 0 Å². The minimum Gasteiger partial charge on any atom is -0.384 e. The maximum atomic E-state index is 13.8. The topological polar surface area (TPSA) is 40.5 Å². The molecule has 20 heavy (non-hydrogen) atoms. The van der Waals surface area contributed by atoms with Crippen molar-refractivity contribution in [1.29, 1.82) is 0 Å². The van der Waals surface area contributed by atoms with Gasteiger partial charge in [0.15, 0.2) is 0 Å². The Morgan fingerprint density at radius 3 is 2.85 bits per heavy atom. The van der Waals surface area contributed by atoms with Crippen LogP contribution in [0.25, 0.3) is 0 Å². The first-order valence-electron chi connectivity index (χ1n) is 6.76. The SMILES string of the molecule is CN(CC1CCC1)C(=O)c1cc(C#CCO)ccc1F. The molecule has 1 fully saturated rings. The van der Waals surface area contributed by atoms with Crippen molar-refractivity contribution in [3.05, 3.63) is 35.1 Å². The molecule has 3 nitrogen and oxygen atoms in total. The third-order valence-corrected chi connectivity index (χ3v) is 3.61. The highest BCUT2D eigenvalue weighted by molar-refractivity contribution is 5.94. The predicted molar refractivity (Wildman–Crippen MR) is 74.7 cm³/mol. The molecule has 2 rings (SSSR count). The van der Waals surface area contributed by atoms with Crippen LogP contribution in [0.4, 0.5) is 4.39 Å². The van der Waals surface area contributed by atoms with Gasteiger partial charge in [0.2, 0.25) is 0 Å². The lowest BCUT2D eigenvalue weighted by Crippen LogP contribution is -2.34. The van der Waals surface area contributed by atoms with E-state index >= 15 is 0 Å². The molecule has 0 aromatic heterocycles. The zero-order valence-corrected chi connectivity index (χ0v) is 11.5. The molecule has 1 aliphatic rings. The van der Waals surface area contributed by atoms with Gasteiger partial charge < -0.3 is 10.0 Å². The number of rotatable bonds is 3. The molecule has 4 heteroatoms. The Balaban J connectivity index is 2.14. The zero-order chi connectivity index (χ0) is 14.5. The number of amides is 1. The van der Waals surface area contributed by atoms with Gasteiger partial charge in [0.1, 0.15) is 12.4 Å². The number of carbonyl (C=O) groups excluding carboxylic acids is 1. The van der Waals surface area contributed by atoms with Crippen molar-refractivity contribution < 1.29 is 14.3 Å². The summed E-state index contributed by atoms with van der Waals surface area (Å²) in [4.78, 5) is 13.8. The number of benzene rings is 1. The summed E-state index contributed by atoms with van der Waals surface area (Å²) >= 11 is 0. The van der Waals surface area contributed by atoms with Gasteiger partial charge in [0.05, 0.1) is 5.56 Å². The fraction of sp³-hybridized carbons (Fsp3) is 0.438. The van der Waals surface area contributed by atoms with Gasteiger partial charge in [0, 0.05) is 19.2 Å². The summed E-state index contributed by atoms with van der Waals surface area (Å²) < 4.78 is 13.8.